The van der Waals surface area contributed by atoms with Crippen LogP contribution in [-0.4, -0.2) is 54.1 Å². The number of hydrogen-bond acceptors (Lipinski definition) is 6. The lowest BCUT2D eigenvalue weighted by atomic mass is 10.1. The zero-order valence-electron chi connectivity index (χ0n) is 16.7. The molecule has 2 heterocycles. The van der Waals surface area contributed by atoms with E-state index in [1.165, 1.54) is 19.2 Å². The Balaban J connectivity index is 1.50. The SMILES string of the molecule is COC(=O)c1ccc2c(=O)[nH]c(CN3CCCN(c4ccc(F)cc4)CC3)nc2c1. The molecule has 8 heteroatoms. The molecule has 0 saturated carbocycles. The Morgan fingerprint density at radius 2 is 1.93 bits per heavy atom. The lowest BCUT2D eigenvalue weighted by molar-refractivity contribution is 0.0601. The van der Waals surface area contributed by atoms with Crippen molar-refractivity contribution in [3.8, 4) is 0 Å². The van der Waals surface area contributed by atoms with Crippen molar-refractivity contribution in [3.05, 3.63) is 70.0 Å². The number of benzene rings is 2. The molecule has 0 spiro atoms. The van der Waals surface area contributed by atoms with Crippen LogP contribution >= 0.6 is 0 Å². The summed E-state index contributed by atoms with van der Waals surface area (Å²) < 4.78 is 17.9. The number of carbonyl (C=O) groups excluding carboxylic acids is 1. The first-order valence-corrected chi connectivity index (χ1v) is 9.87. The van der Waals surface area contributed by atoms with Crippen molar-refractivity contribution in [2.75, 3.05) is 38.2 Å². The number of rotatable bonds is 4. The van der Waals surface area contributed by atoms with Crippen LogP contribution in [0.15, 0.2) is 47.3 Å². The number of hydrogen-bond donors (Lipinski definition) is 1. The highest BCUT2D eigenvalue weighted by molar-refractivity contribution is 5.93. The van der Waals surface area contributed by atoms with Gasteiger partial charge in [-0.1, -0.05) is 0 Å². The highest BCUT2D eigenvalue weighted by atomic mass is 19.1. The standard InChI is InChI=1S/C22H23FN4O3/c1-30-22(29)15-3-8-18-19(13-15)24-20(25-21(18)28)14-26-9-2-10-27(12-11-26)17-6-4-16(23)5-7-17/h3-8,13H,2,9-12,14H2,1H3,(H,24,25,28). The molecule has 0 bridgehead atoms. The number of esters is 1. The van der Waals surface area contributed by atoms with Gasteiger partial charge in [0.1, 0.15) is 11.6 Å². The van der Waals surface area contributed by atoms with Crippen LogP contribution < -0.4 is 10.5 Å². The minimum atomic E-state index is -0.464. The van der Waals surface area contributed by atoms with Crippen molar-refractivity contribution in [1.82, 2.24) is 14.9 Å². The van der Waals surface area contributed by atoms with E-state index in [4.69, 9.17) is 4.74 Å². The first-order valence-electron chi connectivity index (χ1n) is 9.87. The summed E-state index contributed by atoms with van der Waals surface area (Å²) in [6, 6.07) is 11.3. The van der Waals surface area contributed by atoms with E-state index in [1.54, 1.807) is 30.3 Å². The van der Waals surface area contributed by atoms with E-state index in [1.807, 2.05) is 0 Å². The topological polar surface area (TPSA) is 78.5 Å². The number of fused-ring (bicyclic) bond motifs is 1. The molecule has 156 valence electrons. The highest BCUT2D eigenvalue weighted by Gasteiger charge is 2.17. The molecule has 1 fully saturated rings. The molecular formula is C22H23FN4O3. The number of nitrogens with zero attached hydrogens (tertiary/aromatic N) is 3. The third-order valence-corrected chi connectivity index (χ3v) is 5.33. The predicted octanol–water partition coefficient (Wildman–Crippen LogP) is 2.56. The van der Waals surface area contributed by atoms with Gasteiger partial charge >= 0.3 is 5.97 Å². The zero-order valence-corrected chi connectivity index (χ0v) is 16.7. The van der Waals surface area contributed by atoms with Crippen LogP contribution in [0.3, 0.4) is 0 Å². The van der Waals surface area contributed by atoms with E-state index in [-0.39, 0.29) is 11.4 Å². The quantitative estimate of drug-likeness (QED) is 0.666. The van der Waals surface area contributed by atoms with E-state index in [2.05, 4.69) is 19.8 Å². The predicted molar refractivity (Wildman–Crippen MR) is 112 cm³/mol. The number of carbonyl (C=O) groups is 1. The lowest BCUT2D eigenvalue weighted by Gasteiger charge is -2.23. The summed E-state index contributed by atoms with van der Waals surface area (Å²) in [5, 5.41) is 0.435. The minimum absolute atomic E-state index is 0.228. The molecule has 1 saturated heterocycles. The fourth-order valence-electron chi connectivity index (χ4n) is 3.76. The molecule has 30 heavy (non-hydrogen) atoms. The van der Waals surface area contributed by atoms with Crippen LogP contribution in [0.25, 0.3) is 10.9 Å². The summed E-state index contributed by atoms with van der Waals surface area (Å²) in [5.74, 6) is -0.143. The molecule has 0 amide bonds. The molecule has 3 aromatic rings. The first kappa shape index (κ1) is 20.0. The molecular weight excluding hydrogens is 387 g/mol. The highest BCUT2D eigenvalue weighted by Crippen LogP contribution is 2.18. The normalized spacial score (nSPS) is 15.2. The number of anilines is 1. The first-order chi connectivity index (χ1) is 14.5. The van der Waals surface area contributed by atoms with E-state index < -0.39 is 5.97 Å². The fourth-order valence-corrected chi connectivity index (χ4v) is 3.76. The van der Waals surface area contributed by atoms with E-state index in [0.717, 1.165) is 38.3 Å². The monoisotopic (exact) mass is 410 g/mol. The molecule has 1 aromatic heterocycles. The Morgan fingerprint density at radius 1 is 1.13 bits per heavy atom. The van der Waals surface area contributed by atoms with Crippen molar-refractivity contribution in [2.45, 2.75) is 13.0 Å². The summed E-state index contributed by atoms with van der Waals surface area (Å²) in [7, 11) is 1.32. The van der Waals surface area contributed by atoms with Crippen molar-refractivity contribution < 1.29 is 13.9 Å². The fraction of sp³-hybridized carbons (Fsp3) is 0.318. The van der Waals surface area contributed by atoms with Crippen molar-refractivity contribution in [2.24, 2.45) is 0 Å². The van der Waals surface area contributed by atoms with Crippen LogP contribution in [0.1, 0.15) is 22.6 Å². The summed E-state index contributed by atoms with van der Waals surface area (Å²) in [5.41, 5.74) is 1.61. The van der Waals surface area contributed by atoms with Gasteiger partial charge in [-0.15, -0.1) is 0 Å². The largest absolute Gasteiger partial charge is 0.465 e. The summed E-state index contributed by atoms with van der Waals surface area (Å²) >= 11 is 0. The average molecular weight is 410 g/mol. The van der Waals surface area contributed by atoms with E-state index in [0.29, 0.717) is 28.8 Å². The Hall–Kier alpha value is -3.26. The second-order valence-electron chi connectivity index (χ2n) is 7.33. The van der Waals surface area contributed by atoms with E-state index >= 15 is 0 Å². The maximum atomic E-state index is 13.2. The summed E-state index contributed by atoms with van der Waals surface area (Å²) in [4.78, 5) is 36.1. The second kappa shape index (κ2) is 8.62. The summed E-state index contributed by atoms with van der Waals surface area (Å²) in [6.07, 6.45) is 0.946. The Morgan fingerprint density at radius 3 is 2.70 bits per heavy atom. The molecule has 0 aliphatic carbocycles. The van der Waals surface area contributed by atoms with Gasteiger partial charge in [-0.2, -0.15) is 0 Å². The van der Waals surface area contributed by atoms with Gasteiger partial charge in [0.2, 0.25) is 0 Å². The van der Waals surface area contributed by atoms with Crippen LogP contribution in [0.4, 0.5) is 10.1 Å². The molecule has 7 nitrogen and oxygen atoms in total. The number of H-pyrrole nitrogens is 1. The Bertz CT molecular complexity index is 1110. The molecule has 1 aliphatic heterocycles. The third kappa shape index (κ3) is 4.33. The number of methoxy groups -OCH3 is 1. The molecule has 1 aliphatic rings. The number of aromatic amines is 1. The second-order valence-corrected chi connectivity index (χ2v) is 7.33. The van der Waals surface area contributed by atoms with Crippen LogP contribution in [0.2, 0.25) is 0 Å². The number of halogens is 1. The maximum absolute atomic E-state index is 13.2. The Kier molecular flexibility index (Phi) is 5.76. The molecule has 0 unspecified atom stereocenters. The Labute approximate surface area is 173 Å². The van der Waals surface area contributed by atoms with Crippen LogP contribution in [0.5, 0.6) is 0 Å². The van der Waals surface area contributed by atoms with Gasteiger partial charge in [0.25, 0.3) is 5.56 Å². The van der Waals surface area contributed by atoms with Crippen molar-refractivity contribution in [3.63, 3.8) is 0 Å². The average Bonchev–Trinajstić information content (AvgIpc) is 2.99. The molecule has 2 aromatic carbocycles. The van der Waals surface area contributed by atoms with Crippen LogP contribution in [-0.2, 0) is 11.3 Å². The summed E-state index contributed by atoms with van der Waals surface area (Å²) in [6.45, 7) is 3.84. The van der Waals surface area contributed by atoms with Gasteiger partial charge in [-0.25, -0.2) is 14.2 Å². The van der Waals surface area contributed by atoms with E-state index in [9.17, 15) is 14.0 Å². The number of aromatic nitrogens is 2. The molecule has 1 N–H and O–H groups in total. The number of ether oxygens (including phenoxy) is 1. The van der Waals surface area contributed by atoms with Gasteiger partial charge < -0.3 is 14.6 Å². The van der Waals surface area contributed by atoms with Gasteiger partial charge in [0.15, 0.2) is 0 Å². The van der Waals surface area contributed by atoms with Gasteiger partial charge in [0, 0.05) is 31.9 Å². The molecule has 0 radical (unpaired) electrons. The minimum Gasteiger partial charge on any atom is -0.465 e. The van der Waals surface area contributed by atoms with Gasteiger partial charge in [-0.3, -0.25) is 9.69 Å². The van der Waals surface area contributed by atoms with Gasteiger partial charge in [-0.05, 0) is 48.9 Å². The van der Waals surface area contributed by atoms with Crippen molar-refractivity contribution in [1.29, 1.82) is 0 Å². The third-order valence-electron chi connectivity index (χ3n) is 5.33. The molecule has 0 atom stereocenters. The molecule has 4 rings (SSSR count). The lowest BCUT2D eigenvalue weighted by Crippen LogP contribution is -2.31. The van der Waals surface area contributed by atoms with Crippen LogP contribution in [0, 0.1) is 5.82 Å². The van der Waals surface area contributed by atoms with Crippen molar-refractivity contribution >= 4 is 22.6 Å². The van der Waals surface area contributed by atoms with Gasteiger partial charge in [0.05, 0.1) is 30.1 Å². The maximum Gasteiger partial charge on any atom is 0.337 e. The smallest absolute Gasteiger partial charge is 0.337 e. The number of nitrogens with one attached hydrogen (secondary N) is 1. The zero-order chi connectivity index (χ0) is 21.1.